The zero-order valence-electron chi connectivity index (χ0n) is 15.1. The fourth-order valence-electron chi connectivity index (χ4n) is 2.18. The summed E-state index contributed by atoms with van der Waals surface area (Å²) in [5.74, 6) is -15.3. The molecule has 2 aromatic rings. The van der Waals surface area contributed by atoms with Crippen LogP contribution in [0.2, 0.25) is 0 Å². The van der Waals surface area contributed by atoms with E-state index in [1.165, 1.54) is 7.11 Å². The third kappa shape index (κ3) is 4.25. The maximum Gasteiger partial charge on any atom is 0.460 e. The molecule has 0 unspecified atom stereocenters. The summed E-state index contributed by atoms with van der Waals surface area (Å²) in [6.07, 6.45) is -7.16. The van der Waals surface area contributed by atoms with Crippen LogP contribution in [0.5, 0.6) is 11.5 Å². The van der Waals surface area contributed by atoms with Crippen LogP contribution in [0, 0.1) is 0 Å². The number of halogens is 9. The van der Waals surface area contributed by atoms with Crippen LogP contribution in [0.15, 0.2) is 48.5 Å². The minimum Gasteiger partial charge on any atom is -0.497 e. The fourth-order valence-corrected chi connectivity index (χ4v) is 3.09. The molecule has 4 nitrogen and oxygen atoms in total. The molecule has 0 aliphatic rings. The van der Waals surface area contributed by atoms with Gasteiger partial charge in [0.1, 0.15) is 11.5 Å². The van der Waals surface area contributed by atoms with E-state index in [0.29, 0.717) is 29.0 Å². The Hall–Kier alpha value is -2.64. The predicted molar refractivity (Wildman–Crippen MR) is 88.9 cm³/mol. The second kappa shape index (κ2) is 7.80. The summed E-state index contributed by atoms with van der Waals surface area (Å²) in [5.41, 5.74) is 0.894. The molecule has 0 spiro atoms. The molecule has 2 rings (SSSR count). The van der Waals surface area contributed by atoms with Gasteiger partial charge < -0.3 is 8.92 Å². The highest BCUT2D eigenvalue weighted by Gasteiger charge is 2.86. The molecule has 14 heteroatoms. The van der Waals surface area contributed by atoms with Gasteiger partial charge in [-0.1, -0.05) is 24.3 Å². The van der Waals surface area contributed by atoms with Crippen molar-refractivity contribution in [2.75, 3.05) is 7.11 Å². The topological polar surface area (TPSA) is 52.6 Å². The van der Waals surface area contributed by atoms with Gasteiger partial charge in [-0.25, -0.2) is 0 Å². The lowest BCUT2D eigenvalue weighted by Crippen LogP contribution is -2.63. The van der Waals surface area contributed by atoms with E-state index in [0.717, 1.165) is 12.1 Å². The van der Waals surface area contributed by atoms with Crippen LogP contribution >= 0.6 is 0 Å². The maximum atomic E-state index is 13.7. The zero-order chi connectivity index (χ0) is 23.9. The Balaban J connectivity index is 2.32. The van der Waals surface area contributed by atoms with Crippen LogP contribution in [0.3, 0.4) is 0 Å². The predicted octanol–water partition coefficient (Wildman–Crippen LogP) is 5.50. The lowest BCUT2D eigenvalue weighted by Gasteiger charge is -2.32. The largest absolute Gasteiger partial charge is 0.497 e. The Morgan fingerprint density at radius 2 is 1.03 bits per heavy atom. The van der Waals surface area contributed by atoms with Crippen LogP contribution in [-0.4, -0.2) is 38.8 Å². The molecule has 2 aromatic carbocycles. The van der Waals surface area contributed by atoms with Crippen LogP contribution in [-0.2, 0) is 10.1 Å². The Labute approximate surface area is 169 Å². The maximum absolute atomic E-state index is 13.7. The van der Waals surface area contributed by atoms with Crippen molar-refractivity contribution in [3.63, 3.8) is 0 Å². The number of hydrogen-bond acceptors (Lipinski definition) is 4. The summed E-state index contributed by atoms with van der Waals surface area (Å²) in [6, 6.07) is 9.85. The van der Waals surface area contributed by atoms with E-state index < -0.39 is 39.1 Å². The van der Waals surface area contributed by atoms with Crippen molar-refractivity contribution in [3.05, 3.63) is 48.5 Å². The standard InChI is InChI=1S/C17H11F9O4S/c1-29-12-6-2-10(3-7-12)11-4-8-13(9-5-11)30-31(27,28)17(25,26)15(20,21)14(18,19)16(22,23)24/h2-9H,1H3. The first-order valence-corrected chi connectivity index (χ1v) is 9.27. The highest BCUT2D eigenvalue weighted by Crippen LogP contribution is 2.54. The van der Waals surface area contributed by atoms with Crippen molar-refractivity contribution in [1.29, 1.82) is 0 Å². The van der Waals surface area contributed by atoms with E-state index in [1.54, 1.807) is 24.3 Å². The molecule has 0 saturated heterocycles. The van der Waals surface area contributed by atoms with Crippen LogP contribution in [0.1, 0.15) is 0 Å². The van der Waals surface area contributed by atoms with Gasteiger partial charge in [0.2, 0.25) is 0 Å². The van der Waals surface area contributed by atoms with Crippen LogP contribution < -0.4 is 8.92 Å². The van der Waals surface area contributed by atoms with Gasteiger partial charge in [0.05, 0.1) is 7.11 Å². The number of benzene rings is 2. The normalized spacial score (nSPS) is 13.7. The number of methoxy groups -OCH3 is 1. The van der Waals surface area contributed by atoms with Gasteiger partial charge in [0.15, 0.2) is 0 Å². The van der Waals surface area contributed by atoms with Gasteiger partial charge in [-0.2, -0.15) is 47.9 Å². The molecule has 0 fully saturated rings. The summed E-state index contributed by atoms with van der Waals surface area (Å²) in [4.78, 5) is 0. The molecule has 0 saturated carbocycles. The van der Waals surface area contributed by atoms with Gasteiger partial charge in [0.25, 0.3) is 0 Å². The van der Waals surface area contributed by atoms with Crippen molar-refractivity contribution in [2.24, 2.45) is 0 Å². The molecule has 0 atom stereocenters. The van der Waals surface area contributed by atoms with Crippen molar-refractivity contribution < 1.29 is 56.9 Å². The van der Waals surface area contributed by atoms with Gasteiger partial charge in [-0.3, -0.25) is 0 Å². The number of hydrogen-bond donors (Lipinski definition) is 0. The highest BCUT2D eigenvalue weighted by atomic mass is 32.2. The van der Waals surface area contributed by atoms with E-state index >= 15 is 0 Å². The average Bonchev–Trinajstić information content (AvgIpc) is 2.67. The van der Waals surface area contributed by atoms with Crippen molar-refractivity contribution in [2.45, 2.75) is 23.3 Å². The molecular weight excluding hydrogens is 471 g/mol. The Morgan fingerprint density at radius 3 is 1.39 bits per heavy atom. The minimum atomic E-state index is -7.36. The van der Waals surface area contributed by atoms with E-state index in [-0.39, 0.29) is 0 Å². The third-order valence-corrected chi connectivity index (χ3v) is 5.21. The lowest BCUT2D eigenvalue weighted by molar-refractivity contribution is -0.382. The number of ether oxygens (including phenoxy) is 1. The molecule has 0 aliphatic carbocycles. The molecule has 31 heavy (non-hydrogen) atoms. The first-order valence-electron chi connectivity index (χ1n) is 7.86. The second-order valence-electron chi connectivity index (χ2n) is 5.95. The molecule has 0 aliphatic heterocycles. The average molecular weight is 482 g/mol. The monoisotopic (exact) mass is 482 g/mol. The van der Waals surface area contributed by atoms with E-state index in [4.69, 9.17) is 4.74 Å². The second-order valence-corrected chi connectivity index (χ2v) is 7.54. The first-order chi connectivity index (χ1) is 14.0. The molecule has 0 aromatic heterocycles. The summed E-state index contributed by atoms with van der Waals surface area (Å²) < 4.78 is 148. The van der Waals surface area contributed by atoms with Gasteiger partial charge >= 0.3 is 33.4 Å². The third-order valence-electron chi connectivity index (χ3n) is 3.91. The van der Waals surface area contributed by atoms with Crippen molar-refractivity contribution >= 4 is 10.1 Å². The number of alkyl halides is 9. The Kier molecular flexibility index (Phi) is 6.20. The molecule has 0 heterocycles. The van der Waals surface area contributed by atoms with Crippen LogP contribution in [0.25, 0.3) is 11.1 Å². The molecule has 0 N–H and O–H groups in total. The quantitative estimate of drug-likeness (QED) is 0.387. The fraction of sp³-hybridized carbons (Fsp3) is 0.294. The summed E-state index contributed by atoms with van der Waals surface area (Å²) >= 11 is 0. The first kappa shape index (κ1) is 24.6. The molecular formula is C17H11F9O4S. The molecule has 0 amide bonds. The lowest BCUT2D eigenvalue weighted by atomic mass is 10.1. The van der Waals surface area contributed by atoms with E-state index in [2.05, 4.69) is 4.18 Å². The molecule has 0 radical (unpaired) electrons. The SMILES string of the molecule is COc1ccc(-c2ccc(OS(=O)(=O)C(F)(F)C(F)(F)C(F)(F)C(F)(F)F)cc2)cc1. The Bertz CT molecular complexity index is 1020. The zero-order valence-corrected chi connectivity index (χ0v) is 15.9. The Morgan fingerprint density at radius 1 is 0.645 bits per heavy atom. The highest BCUT2D eigenvalue weighted by molar-refractivity contribution is 7.88. The molecule has 0 bridgehead atoms. The van der Waals surface area contributed by atoms with Gasteiger partial charge in [-0.15, -0.1) is 0 Å². The molecule has 172 valence electrons. The minimum absolute atomic E-state index is 0.369. The van der Waals surface area contributed by atoms with Crippen molar-refractivity contribution in [3.8, 4) is 22.6 Å². The summed E-state index contributed by atoms with van der Waals surface area (Å²) in [6.45, 7) is 0. The smallest absolute Gasteiger partial charge is 0.460 e. The van der Waals surface area contributed by atoms with Crippen LogP contribution in [0.4, 0.5) is 39.5 Å². The van der Waals surface area contributed by atoms with Gasteiger partial charge in [-0.05, 0) is 35.4 Å². The van der Waals surface area contributed by atoms with Crippen molar-refractivity contribution in [1.82, 2.24) is 0 Å². The number of rotatable bonds is 7. The van der Waals surface area contributed by atoms with E-state index in [9.17, 15) is 47.9 Å². The van der Waals surface area contributed by atoms with Gasteiger partial charge in [0, 0.05) is 0 Å². The van der Waals surface area contributed by atoms with E-state index in [1.807, 2.05) is 0 Å². The summed E-state index contributed by atoms with van der Waals surface area (Å²) in [7, 11) is -5.57. The summed E-state index contributed by atoms with van der Waals surface area (Å²) in [5, 5.41) is -6.92.